The molecule has 1 aromatic carbocycles. The lowest BCUT2D eigenvalue weighted by Gasteiger charge is -2.15. The molecule has 0 spiro atoms. The van der Waals surface area contributed by atoms with Gasteiger partial charge in [0.05, 0.1) is 0 Å². The van der Waals surface area contributed by atoms with Crippen LogP contribution in [0.25, 0.3) is 0 Å². The first-order valence-electron chi connectivity index (χ1n) is 6.45. The topological polar surface area (TPSA) is 46.3 Å². The van der Waals surface area contributed by atoms with Gasteiger partial charge in [-0.2, -0.15) is 0 Å². The molecule has 1 heterocycles. The van der Waals surface area contributed by atoms with Crippen molar-refractivity contribution in [2.75, 3.05) is 13.1 Å². The predicted octanol–water partition coefficient (Wildman–Crippen LogP) is 2.11. The first-order chi connectivity index (χ1) is 8.65. The number of rotatable bonds is 2. The molecule has 3 atom stereocenters. The molecule has 0 radical (unpaired) electrons. The normalized spacial score (nSPS) is 30.6. The summed E-state index contributed by atoms with van der Waals surface area (Å²) in [6.45, 7) is 1.58. The second-order valence-corrected chi connectivity index (χ2v) is 6.25. The molecule has 2 N–H and O–H groups in total. The largest absolute Gasteiger partial charge is 0.341 e. The van der Waals surface area contributed by atoms with Gasteiger partial charge in [-0.15, -0.1) is 0 Å². The van der Waals surface area contributed by atoms with Gasteiger partial charge in [0.15, 0.2) is 0 Å². The molecule has 2 fully saturated rings. The number of benzene rings is 1. The van der Waals surface area contributed by atoms with E-state index in [0.29, 0.717) is 11.8 Å². The summed E-state index contributed by atoms with van der Waals surface area (Å²) in [7, 11) is 0. The van der Waals surface area contributed by atoms with Crippen LogP contribution in [-0.2, 0) is 4.79 Å². The summed E-state index contributed by atoms with van der Waals surface area (Å²) in [4.78, 5) is 14.2. The summed E-state index contributed by atoms with van der Waals surface area (Å²) in [6.07, 6.45) is 1.94. The van der Waals surface area contributed by atoms with Gasteiger partial charge in [0.1, 0.15) is 0 Å². The van der Waals surface area contributed by atoms with Crippen LogP contribution in [0, 0.1) is 5.92 Å². The summed E-state index contributed by atoms with van der Waals surface area (Å²) in [5, 5.41) is 0. The number of amides is 1. The molecule has 2 aliphatic rings. The van der Waals surface area contributed by atoms with Crippen molar-refractivity contribution in [2.45, 2.75) is 24.8 Å². The Bertz CT molecular complexity index is 459. The lowest BCUT2D eigenvalue weighted by Crippen LogP contribution is -2.33. The highest BCUT2D eigenvalue weighted by molar-refractivity contribution is 9.10. The van der Waals surface area contributed by atoms with Crippen LogP contribution >= 0.6 is 15.9 Å². The van der Waals surface area contributed by atoms with E-state index in [2.05, 4.69) is 28.1 Å². The fourth-order valence-corrected chi connectivity index (χ4v) is 3.03. The molecular formula is C14H17BrN2O. The molecule has 1 aliphatic carbocycles. The van der Waals surface area contributed by atoms with Crippen molar-refractivity contribution >= 4 is 21.8 Å². The summed E-state index contributed by atoms with van der Waals surface area (Å²) >= 11 is 3.43. The number of nitrogens with zero attached hydrogens (tertiary/aromatic N) is 1. The lowest BCUT2D eigenvalue weighted by molar-refractivity contribution is -0.131. The van der Waals surface area contributed by atoms with E-state index >= 15 is 0 Å². The SMILES string of the molecule is NC1CCN(C(=O)C2CC2c2ccc(Br)cc2)C1. The third kappa shape index (κ3) is 2.31. The van der Waals surface area contributed by atoms with Gasteiger partial charge in [-0.05, 0) is 36.5 Å². The van der Waals surface area contributed by atoms with Crippen LogP contribution in [0.5, 0.6) is 0 Å². The fraction of sp³-hybridized carbons (Fsp3) is 0.500. The van der Waals surface area contributed by atoms with E-state index in [9.17, 15) is 4.79 Å². The molecule has 0 aromatic heterocycles. The highest BCUT2D eigenvalue weighted by Gasteiger charge is 2.46. The number of carbonyl (C=O) groups excluding carboxylic acids is 1. The van der Waals surface area contributed by atoms with Gasteiger partial charge in [0, 0.05) is 29.5 Å². The second kappa shape index (κ2) is 4.67. The van der Waals surface area contributed by atoms with E-state index in [4.69, 9.17) is 5.73 Å². The predicted molar refractivity (Wildman–Crippen MR) is 74.2 cm³/mol. The molecule has 1 saturated heterocycles. The quantitative estimate of drug-likeness (QED) is 0.909. The molecule has 1 amide bonds. The number of carbonyl (C=O) groups is 1. The minimum Gasteiger partial charge on any atom is -0.341 e. The number of halogens is 1. The number of hydrogen-bond donors (Lipinski definition) is 1. The average Bonchev–Trinajstić information content (AvgIpc) is 3.04. The van der Waals surface area contributed by atoms with E-state index < -0.39 is 0 Å². The fourth-order valence-electron chi connectivity index (χ4n) is 2.77. The van der Waals surface area contributed by atoms with Gasteiger partial charge in [-0.1, -0.05) is 28.1 Å². The van der Waals surface area contributed by atoms with Crippen molar-refractivity contribution in [3.8, 4) is 0 Å². The van der Waals surface area contributed by atoms with Crippen molar-refractivity contribution in [1.82, 2.24) is 4.90 Å². The molecule has 1 aromatic rings. The molecule has 3 rings (SSSR count). The highest BCUT2D eigenvalue weighted by atomic mass is 79.9. The number of nitrogens with two attached hydrogens (primary N) is 1. The number of likely N-dealkylation sites (tertiary alicyclic amines) is 1. The Balaban J connectivity index is 1.63. The van der Waals surface area contributed by atoms with Crippen LogP contribution in [0.2, 0.25) is 0 Å². The Morgan fingerprint density at radius 3 is 2.67 bits per heavy atom. The van der Waals surface area contributed by atoms with Crippen molar-refractivity contribution in [1.29, 1.82) is 0 Å². The summed E-state index contributed by atoms with van der Waals surface area (Å²) < 4.78 is 1.08. The van der Waals surface area contributed by atoms with E-state index in [0.717, 1.165) is 30.4 Å². The maximum Gasteiger partial charge on any atom is 0.226 e. The van der Waals surface area contributed by atoms with Crippen LogP contribution in [0.3, 0.4) is 0 Å². The van der Waals surface area contributed by atoms with Crippen LogP contribution in [-0.4, -0.2) is 29.9 Å². The summed E-state index contributed by atoms with van der Waals surface area (Å²) in [5.41, 5.74) is 7.12. The van der Waals surface area contributed by atoms with E-state index in [1.807, 2.05) is 17.0 Å². The van der Waals surface area contributed by atoms with Gasteiger partial charge in [0.25, 0.3) is 0 Å². The molecule has 1 saturated carbocycles. The molecule has 3 unspecified atom stereocenters. The van der Waals surface area contributed by atoms with Crippen molar-refractivity contribution in [3.05, 3.63) is 34.3 Å². The zero-order valence-electron chi connectivity index (χ0n) is 10.2. The maximum atomic E-state index is 12.3. The summed E-state index contributed by atoms with van der Waals surface area (Å²) in [5.74, 6) is 0.912. The molecule has 18 heavy (non-hydrogen) atoms. The second-order valence-electron chi connectivity index (χ2n) is 5.33. The molecule has 4 heteroatoms. The standard InChI is InChI=1S/C14H17BrN2O/c15-10-3-1-9(2-4-10)12-7-13(12)14(18)17-6-5-11(16)8-17/h1-4,11-13H,5-8,16H2. The van der Waals surface area contributed by atoms with Gasteiger partial charge in [-0.25, -0.2) is 0 Å². The Morgan fingerprint density at radius 1 is 1.33 bits per heavy atom. The molecule has 96 valence electrons. The Kier molecular flexibility index (Phi) is 3.16. The molecular weight excluding hydrogens is 292 g/mol. The Labute approximate surface area is 115 Å². The average molecular weight is 309 g/mol. The van der Waals surface area contributed by atoms with Crippen LogP contribution < -0.4 is 5.73 Å². The minimum atomic E-state index is 0.179. The maximum absolute atomic E-state index is 12.3. The van der Waals surface area contributed by atoms with Gasteiger partial charge in [-0.3, -0.25) is 4.79 Å². The van der Waals surface area contributed by atoms with Crippen molar-refractivity contribution < 1.29 is 4.79 Å². The smallest absolute Gasteiger partial charge is 0.226 e. The van der Waals surface area contributed by atoms with E-state index in [1.54, 1.807) is 0 Å². The monoisotopic (exact) mass is 308 g/mol. The first-order valence-corrected chi connectivity index (χ1v) is 7.24. The van der Waals surface area contributed by atoms with E-state index in [-0.39, 0.29) is 12.0 Å². The molecule has 0 bridgehead atoms. The van der Waals surface area contributed by atoms with Crippen LogP contribution in [0.15, 0.2) is 28.7 Å². The third-order valence-electron chi connectivity index (χ3n) is 3.94. The zero-order chi connectivity index (χ0) is 12.7. The first kappa shape index (κ1) is 12.2. The Hall–Kier alpha value is -0.870. The van der Waals surface area contributed by atoms with Crippen molar-refractivity contribution in [2.24, 2.45) is 11.7 Å². The van der Waals surface area contributed by atoms with Crippen molar-refractivity contribution in [3.63, 3.8) is 0 Å². The van der Waals surface area contributed by atoms with E-state index in [1.165, 1.54) is 5.56 Å². The van der Waals surface area contributed by atoms with Crippen LogP contribution in [0.1, 0.15) is 24.3 Å². The minimum absolute atomic E-state index is 0.179. The van der Waals surface area contributed by atoms with Gasteiger partial charge >= 0.3 is 0 Å². The number of hydrogen-bond acceptors (Lipinski definition) is 2. The lowest BCUT2D eigenvalue weighted by atomic mass is 10.1. The summed E-state index contributed by atoms with van der Waals surface area (Å²) in [6, 6.07) is 8.48. The third-order valence-corrected chi connectivity index (χ3v) is 4.47. The molecule has 3 nitrogen and oxygen atoms in total. The van der Waals surface area contributed by atoms with Gasteiger partial charge < -0.3 is 10.6 Å². The van der Waals surface area contributed by atoms with Crippen LogP contribution in [0.4, 0.5) is 0 Å². The zero-order valence-corrected chi connectivity index (χ0v) is 11.8. The highest BCUT2D eigenvalue weighted by Crippen LogP contribution is 2.48. The van der Waals surface area contributed by atoms with Gasteiger partial charge in [0.2, 0.25) is 5.91 Å². The Morgan fingerprint density at radius 2 is 2.06 bits per heavy atom. The molecule has 1 aliphatic heterocycles.